The summed E-state index contributed by atoms with van der Waals surface area (Å²) in [4.78, 5) is 14.4. The molecule has 1 aromatic carbocycles. The summed E-state index contributed by atoms with van der Waals surface area (Å²) in [5, 5.41) is 3.53. The lowest BCUT2D eigenvalue weighted by molar-refractivity contribution is -0.0495. The fourth-order valence-electron chi connectivity index (χ4n) is 3.03. The highest BCUT2D eigenvalue weighted by molar-refractivity contribution is 6.41. The van der Waals surface area contributed by atoms with Crippen molar-refractivity contribution in [3.05, 3.63) is 46.2 Å². The zero-order valence-corrected chi connectivity index (χ0v) is 15.4. The van der Waals surface area contributed by atoms with E-state index in [0.29, 0.717) is 41.1 Å². The summed E-state index contributed by atoms with van der Waals surface area (Å²) in [6.45, 7) is -1.79. The van der Waals surface area contributed by atoms with Crippen LogP contribution in [0.25, 0.3) is 0 Å². The van der Waals surface area contributed by atoms with Crippen molar-refractivity contribution in [1.29, 1.82) is 0 Å². The number of anilines is 1. The quantitative estimate of drug-likeness (QED) is 0.821. The maximum Gasteiger partial charge on any atom is 0.387 e. The fourth-order valence-corrected chi connectivity index (χ4v) is 3.41. The van der Waals surface area contributed by atoms with Gasteiger partial charge >= 0.3 is 6.61 Å². The Balaban J connectivity index is 1.68. The van der Waals surface area contributed by atoms with Gasteiger partial charge in [0.1, 0.15) is 16.6 Å². The van der Waals surface area contributed by atoms with Crippen LogP contribution in [0.1, 0.15) is 16.9 Å². The number of amides is 1. The van der Waals surface area contributed by atoms with E-state index in [-0.39, 0.29) is 17.7 Å². The van der Waals surface area contributed by atoms with Crippen LogP contribution >= 0.6 is 23.2 Å². The van der Waals surface area contributed by atoms with Crippen molar-refractivity contribution in [2.75, 3.05) is 18.0 Å². The second-order valence-electron chi connectivity index (χ2n) is 5.98. The molecule has 0 bridgehead atoms. The van der Waals surface area contributed by atoms with Gasteiger partial charge in [-0.25, -0.2) is 0 Å². The first kappa shape index (κ1) is 18.8. The van der Waals surface area contributed by atoms with Crippen molar-refractivity contribution < 1.29 is 18.3 Å². The molecule has 2 aromatic rings. The molecule has 1 aliphatic rings. The lowest BCUT2D eigenvalue weighted by Gasteiger charge is -2.22. The molecule has 0 radical (unpaired) electrons. The normalized spacial score (nSPS) is 17.0. The second kappa shape index (κ2) is 7.72. The molecular weight excluding hydrogens is 387 g/mol. The van der Waals surface area contributed by atoms with Crippen LogP contribution in [-0.2, 0) is 7.05 Å². The van der Waals surface area contributed by atoms with Gasteiger partial charge in [-0.2, -0.15) is 8.78 Å². The van der Waals surface area contributed by atoms with Crippen molar-refractivity contribution in [1.82, 2.24) is 9.88 Å². The summed E-state index contributed by atoms with van der Waals surface area (Å²) in [5.74, 6) is -0.166. The molecule has 1 fully saturated rings. The summed E-state index contributed by atoms with van der Waals surface area (Å²) in [6, 6.07) is 8.00. The van der Waals surface area contributed by atoms with Gasteiger partial charge in [0.2, 0.25) is 0 Å². The van der Waals surface area contributed by atoms with Crippen LogP contribution in [0.3, 0.4) is 0 Å². The lowest BCUT2D eigenvalue weighted by Crippen LogP contribution is -2.37. The van der Waals surface area contributed by atoms with E-state index in [1.54, 1.807) is 25.2 Å². The zero-order valence-electron chi connectivity index (χ0n) is 13.9. The standard InChI is InChI=1S/C17H17Cl2F2N3O2/c1-23-13(8-11(18)15(23)19)16(25)22-10-6-7-24(9-10)12-4-2-3-5-14(12)26-17(20)21/h2-5,8,10,17H,6-7,9H2,1H3,(H,22,25)/t10-/m0/s1. The number of nitrogens with one attached hydrogen (secondary N) is 1. The zero-order chi connectivity index (χ0) is 18.8. The second-order valence-corrected chi connectivity index (χ2v) is 6.74. The maximum atomic E-state index is 12.6. The summed E-state index contributed by atoms with van der Waals surface area (Å²) < 4.78 is 31.2. The minimum atomic E-state index is -2.89. The van der Waals surface area contributed by atoms with Crippen molar-refractivity contribution in [3.63, 3.8) is 0 Å². The number of carbonyl (C=O) groups is 1. The van der Waals surface area contributed by atoms with Crippen LogP contribution in [-0.4, -0.2) is 36.2 Å². The van der Waals surface area contributed by atoms with E-state index in [1.807, 2.05) is 4.90 Å². The third-order valence-electron chi connectivity index (χ3n) is 4.29. The number of carbonyl (C=O) groups excluding carboxylic acids is 1. The number of alkyl halides is 2. The molecule has 1 N–H and O–H groups in total. The molecule has 5 nitrogen and oxygen atoms in total. The summed E-state index contributed by atoms with van der Waals surface area (Å²) in [7, 11) is 1.65. The van der Waals surface area contributed by atoms with Gasteiger partial charge in [-0.15, -0.1) is 0 Å². The SMILES string of the molecule is Cn1c(C(=O)N[C@H]2CCN(c3ccccc3OC(F)F)C2)cc(Cl)c1Cl. The molecule has 140 valence electrons. The number of aromatic nitrogens is 1. The van der Waals surface area contributed by atoms with Crippen molar-refractivity contribution in [2.24, 2.45) is 7.05 Å². The molecule has 1 aliphatic heterocycles. The van der Waals surface area contributed by atoms with Crippen LogP contribution in [0.5, 0.6) is 5.75 Å². The minimum absolute atomic E-state index is 0.121. The van der Waals surface area contributed by atoms with Crippen molar-refractivity contribution in [2.45, 2.75) is 19.1 Å². The fraction of sp³-hybridized carbons (Fsp3) is 0.353. The van der Waals surface area contributed by atoms with Crippen molar-refractivity contribution >= 4 is 34.8 Å². The molecular formula is C17H17Cl2F2N3O2. The predicted octanol–water partition coefficient (Wildman–Crippen LogP) is 3.94. The van der Waals surface area contributed by atoms with Crippen LogP contribution in [0, 0.1) is 0 Å². The van der Waals surface area contributed by atoms with Crippen LogP contribution in [0.4, 0.5) is 14.5 Å². The Morgan fingerprint density at radius 2 is 2.08 bits per heavy atom. The summed E-state index contributed by atoms with van der Waals surface area (Å²) >= 11 is 11.9. The van der Waals surface area contributed by atoms with E-state index in [9.17, 15) is 13.6 Å². The topological polar surface area (TPSA) is 46.5 Å². The van der Waals surface area contributed by atoms with Gasteiger partial charge < -0.3 is 19.5 Å². The number of ether oxygens (including phenoxy) is 1. The van der Waals surface area contributed by atoms with Gasteiger partial charge in [0.05, 0.1) is 10.7 Å². The molecule has 0 unspecified atom stereocenters. The Labute approximate surface area is 159 Å². The number of nitrogens with zero attached hydrogens (tertiary/aromatic N) is 2. The molecule has 26 heavy (non-hydrogen) atoms. The van der Waals surface area contributed by atoms with E-state index >= 15 is 0 Å². The molecule has 0 aliphatic carbocycles. The van der Waals surface area contributed by atoms with Crippen LogP contribution in [0.2, 0.25) is 10.2 Å². The largest absolute Gasteiger partial charge is 0.433 e. The Morgan fingerprint density at radius 3 is 2.73 bits per heavy atom. The van der Waals surface area contributed by atoms with Gasteiger partial charge in [0, 0.05) is 26.2 Å². The highest BCUT2D eigenvalue weighted by Gasteiger charge is 2.27. The lowest BCUT2D eigenvalue weighted by atomic mass is 10.2. The first-order chi connectivity index (χ1) is 12.4. The molecule has 1 amide bonds. The van der Waals surface area contributed by atoms with Gasteiger partial charge in [0.25, 0.3) is 5.91 Å². The van der Waals surface area contributed by atoms with E-state index in [0.717, 1.165) is 0 Å². The third kappa shape index (κ3) is 3.88. The molecule has 1 aromatic heterocycles. The number of halogens is 4. The average molecular weight is 404 g/mol. The molecule has 1 atom stereocenters. The maximum absolute atomic E-state index is 12.6. The van der Waals surface area contributed by atoms with E-state index in [1.165, 1.54) is 16.7 Å². The summed E-state index contributed by atoms with van der Waals surface area (Å²) in [5.41, 5.74) is 0.939. The Kier molecular flexibility index (Phi) is 5.58. The highest BCUT2D eigenvalue weighted by Crippen LogP contribution is 2.32. The number of para-hydroxylation sites is 2. The van der Waals surface area contributed by atoms with Gasteiger partial charge in [0.15, 0.2) is 0 Å². The molecule has 2 heterocycles. The first-order valence-corrected chi connectivity index (χ1v) is 8.72. The smallest absolute Gasteiger partial charge is 0.387 e. The number of hydrogen-bond donors (Lipinski definition) is 1. The Morgan fingerprint density at radius 1 is 1.35 bits per heavy atom. The summed E-state index contributed by atoms with van der Waals surface area (Å²) in [6.07, 6.45) is 0.681. The monoisotopic (exact) mass is 403 g/mol. The van der Waals surface area contributed by atoms with Gasteiger partial charge in [-0.05, 0) is 24.6 Å². The molecule has 0 spiro atoms. The van der Waals surface area contributed by atoms with Crippen LogP contribution in [0.15, 0.2) is 30.3 Å². The first-order valence-electron chi connectivity index (χ1n) is 7.97. The average Bonchev–Trinajstić information content (AvgIpc) is 3.15. The molecule has 0 saturated carbocycles. The number of rotatable bonds is 5. The van der Waals surface area contributed by atoms with Crippen LogP contribution < -0.4 is 15.0 Å². The highest BCUT2D eigenvalue weighted by atomic mass is 35.5. The molecule has 3 rings (SSSR count). The van der Waals surface area contributed by atoms with E-state index in [4.69, 9.17) is 23.2 Å². The molecule has 1 saturated heterocycles. The van der Waals surface area contributed by atoms with E-state index < -0.39 is 6.61 Å². The minimum Gasteiger partial charge on any atom is -0.433 e. The van der Waals surface area contributed by atoms with E-state index in [2.05, 4.69) is 10.1 Å². The number of hydrogen-bond acceptors (Lipinski definition) is 3. The Hall–Kier alpha value is -1.99. The van der Waals surface area contributed by atoms with Gasteiger partial charge in [-0.3, -0.25) is 4.79 Å². The third-order valence-corrected chi connectivity index (χ3v) is 5.14. The Bertz CT molecular complexity index is 813. The van der Waals surface area contributed by atoms with Crippen molar-refractivity contribution in [3.8, 4) is 5.75 Å². The van der Waals surface area contributed by atoms with Gasteiger partial charge in [-0.1, -0.05) is 35.3 Å². The molecule has 9 heteroatoms. The number of benzene rings is 1. The predicted molar refractivity (Wildman–Crippen MR) is 96.6 cm³/mol.